The van der Waals surface area contributed by atoms with E-state index in [0.29, 0.717) is 13.0 Å². The molecule has 1 aliphatic heterocycles. The third-order valence-corrected chi connectivity index (χ3v) is 2.65. The first-order valence-electron chi connectivity index (χ1n) is 5.09. The molecular weight excluding hydrogens is 198 g/mol. The molecule has 0 N–H and O–H groups in total. The standard InChI is InChI=1S/C10H17NO4/c1-4-15-9(13)10(14-3)6-5-7-11(10)8(2)12/h4-7H2,1-3H3/t10-/m1/s1. The number of ether oxygens (including phenoxy) is 2. The summed E-state index contributed by atoms with van der Waals surface area (Å²) in [4.78, 5) is 24.6. The van der Waals surface area contributed by atoms with Crippen molar-refractivity contribution in [2.45, 2.75) is 32.4 Å². The van der Waals surface area contributed by atoms with E-state index in [9.17, 15) is 9.59 Å². The number of amides is 1. The molecule has 0 aliphatic carbocycles. The molecule has 0 unspecified atom stereocenters. The summed E-state index contributed by atoms with van der Waals surface area (Å²) in [6, 6.07) is 0. The van der Waals surface area contributed by atoms with Crippen LogP contribution in [0.3, 0.4) is 0 Å². The lowest BCUT2D eigenvalue weighted by Crippen LogP contribution is -2.54. The predicted molar refractivity (Wildman–Crippen MR) is 53.0 cm³/mol. The number of esters is 1. The number of carbonyl (C=O) groups is 2. The molecule has 5 nitrogen and oxygen atoms in total. The molecule has 0 aromatic heterocycles. The molecule has 1 fully saturated rings. The van der Waals surface area contributed by atoms with Gasteiger partial charge in [0.1, 0.15) is 0 Å². The van der Waals surface area contributed by atoms with Crippen LogP contribution in [0.5, 0.6) is 0 Å². The van der Waals surface area contributed by atoms with Crippen molar-refractivity contribution in [3.63, 3.8) is 0 Å². The Hall–Kier alpha value is -1.10. The molecular formula is C10H17NO4. The minimum Gasteiger partial charge on any atom is -0.462 e. The average molecular weight is 215 g/mol. The number of rotatable bonds is 3. The summed E-state index contributed by atoms with van der Waals surface area (Å²) < 4.78 is 10.2. The first kappa shape index (κ1) is 12.0. The van der Waals surface area contributed by atoms with E-state index in [0.717, 1.165) is 6.42 Å². The molecule has 15 heavy (non-hydrogen) atoms. The Kier molecular flexibility index (Phi) is 3.68. The van der Waals surface area contributed by atoms with Gasteiger partial charge < -0.3 is 14.4 Å². The Morgan fingerprint density at radius 2 is 2.13 bits per heavy atom. The topological polar surface area (TPSA) is 55.8 Å². The molecule has 86 valence electrons. The molecule has 1 saturated heterocycles. The van der Waals surface area contributed by atoms with Crippen LogP contribution in [0.25, 0.3) is 0 Å². The number of likely N-dealkylation sites (tertiary alicyclic amines) is 1. The van der Waals surface area contributed by atoms with E-state index in [-0.39, 0.29) is 12.5 Å². The first-order valence-corrected chi connectivity index (χ1v) is 5.09. The Morgan fingerprint density at radius 3 is 2.60 bits per heavy atom. The van der Waals surface area contributed by atoms with Gasteiger partial charge in [0, 0.05) is 27.0 Å². The Bertz CT molecular complexity index is 266. The van der Waals surface area contributed by atoms with Gasteiger partial charge in [-0.15, -0.1) is 0 Å². The summed E-state index contributed by atoms with van der Waals surface area (Å²) >= 11 is 0. The molecule has 0 saturated carbocycles. The third kappa shape index (κ3) is 1.97. The molecule has 0 spiro atoms. The Balaban J connectivity index is 2.91. The number of nitrogens with zero attached hydrogens (tertiary/aromatic N) is 1. The van der Waals surface area contributed by atoms with Crippen LogP contribution in [0, 0.1) is 0 Å². The maximum absolute atomic E-state index is 11.8. The van der Waals surface area contributed by atoms with Crippen LogP contribution in [0.15, 0.2) is 0 Å². The van der Waals surface area contributed by atoms with Crippen LogP contribution in [-0.4, -0.2) is 42.8 Å². The number of hydrogen-bond donors (Lipinski definition) is 0. The zero-order valence-electron chi connectivity index (χ0n) is 9.41. The minimum atomic E-state index is -1.19. The van der Waals surface area contributed by atoms with Gasteiger partial charge in [0.05, 0.1) is 6.61 Å². The van der Waals surface area contributed by atoms with E-state index < -0.39 is 11.7 Å². The van der Waals surface area contributed by atoms with Crippen molar-refractivity contribution in [1.82, 2.24) is 4.90 Å². The van der Waals surface area contributed by atoms with E-state index >= 15 is 0 Å². The number of carbonyl (C=O) groups excluding carboxylic acids is 2. The van der Waals surface area contributed by atoms with Gasteiger partial charge in [-0.05, 0) is 13.3 Å². The van der Waals surface area contributed by atoms with Crippen molar-refractivity contribution < 1.29 is 19.1 Å². The fourth-order valence-corrected chi connectivity index (χ4v) is 1.96. The lowest BCUT2D eigenvalue weighted by Gasteiger charge is -2.33. The molecule has 1 aliphatic rings. The fraction of sp³-hybridized carbons (Fsp3) is 0.800. The summed E-state index contributed by atoms with van der Waals surface area (Å²) in [7, 11) is 1.43. The average Bonchev–Trinajstić information content (AvgIpc) is 2.62. The van der Waals surface area contributed by atoms with Gasteiger partial charge >= 0.3 is 5.97 Å². The molecule has 0 bridgehead atoms. The zero-order valence-corrected chi connectivity index (χ0v) is 9.41. The van der Waals surface area contributed by atoms with Gasteiger partial charge in [0.2, 0.25) is 11.6 Å². The normalized spacial score (nSPS) is 25.4. The summed E-state index contributed by atoms with van der Waals surface area (Å²) in [6.45, 7) is 3.99. The highest BCUT2D eigenvalue weighted by Crippen LogP contribution is 2.31. The minimum absolute atomic E-state index is 0.164. The van der Waals surface area contributed by atoms with Crippen molar-refractivity contribution in [2.24, 2.45) is 0 Å². The smallest absolute Gasteiger partial charge is 0.360 e. The van der Waals surface area contributed by atoms with Crippen molar-refractivity contribution in [3.8, 4) is 0 Å². The number of hydrogen-bond acceptors (Lipinski definition) is 4. The van der Waals surface area contributed by atoms with Gasteiger partial charge in [0.25, 0.3) is 0 Å². The van der Waals surface area contributed by atoms with Crippen molar-refractivity contribution in [1.29, 1.82) is 0 Å². The van der Waals surface area contributed by atoms with Crippen molar-refractivity contribution in [3.05, 3.63) is 0 Å². The van der Waals surface area contributed by atoms with Crippen LogP contribution in [-0.2, 0) is 19.1 Å². The lowest BCUT2D eigenvalue weighted by atomic mass is 10.1. The van der Waals surface area contributed by atoms with E-state index in [1.165, 1.54) is 18.9 Å². The van der Waals surface area contributed by atoms with E-state index in [2.05, 4.69) is 0 Å². The van der Waals surface area contributed by atoms with Gasteiger partial charge in [-0.25, -0.2) is 4.79 Å². The zero-order chi connectivity index (χ0) is 11.5. The van der Waals surface area contributed by atoms with Gasteiger partial charge in [0.15, 0.2) is 0 Å². The second-order valence-electron chi connectivity index (χ2n) is 3.48. The van der Waals surface area contributed by atoms with E-state index in [1.807, 2.05) is 0 Å². The maximum Gasteiger partial charge on any atom is 0.360 e. The summed E-state index contributed by atoms with van der Waals surface area (Å²) in [5, 5.41) is 0. The molecule has 0 aromatic rings. The molecule has 1 heterocycles. The first-order chi connectivity index (χ1) is 7.08. The lowest BCUT2D eigenvalue weighted by molar-refractivity contribution is -0.192. The monoisotopic (exact) mass is 215 g/mol. The maximum atomic E-state index is 11.8. The van der Waals surface area contributed by atoms with Crippen molar-refractivity contribution >= 4 is 11.9 Å². The van der Waals surface area contributed by atoms with Gasteiger partial charge in [-0.2, -0.15) is 0 Å². The fourth-order valence-electron chi connectivity index (χ4n) is 1.96. The highest BCUT2D eigenvalue weighted by molar-refractivity contribution is 5.86. The van der Waals surface area contributed by atoms with Crippen LogP contribution in [0.2, 0.25) is 0 Å². The summed E-state index contributed by atoms with van der Waals surface area (Å²) in [5.74, 6) is -0.636. The second kappa shape index (κ2) is 4.61. The van der Waals surface area contributed by atoms with Crippen molar-refractivity contribution in [2.75, 3.05) is 20.3 Å². The van der Waals surface area contributed by atoms with Crippen LogP contribution in [0.1, 0.15) is 26.7 Å². The third-order valence-electron chi connectivity index (χ3n) is 2.65. The highest BCUT2D eigenvalue weighted by atomic mass is 16.6. The molecule has 1 rings (SSSR count). The summed E-state index contributed by atoms with van der Waals surface area (Å²) in [5.41, 5.74) is -1.19. The molecule has 1 amide bonds. The Morgan fingerprint density at radius 1 is 1.47 bits per heavy atom. The SMILES string of the molecule is CCOC(=O)[C@]1(OC)CCCN1C(C)=O. The van der Waals surface area contributed by atoms with Crippen LogP contribution >= 0.6 is 0 Å². The summed E-state index contributed by atoms with van der Waals surface area (Å²) in [6.07, 6.45) is 1.26. The van der Waals surface area contributed by atoms with Gasteiger partial charge in [-0.3, -0.25) is 4.79 Å². The molecule has 5 heteroatoms. The molecule has 0 aromatic carbocycles. The van der Waals surface area contributed by atoms with Crippen LogP contribution in [0.4, 0.5) is 0 Å². The quantitative estimate of drug-likeness (QED) is 0.644. The molecule has 0 radical (unpaired) electrons. The van der Waals surface area contributed by atoms with E-state index in [4.69, 9.17) is 9.47 Å². The largest absolute Gasteiger partial charge is 0.462 e. The molecule has 1 atom stereocenters. The highest BCUT2D eigenvalue weighted by Gasteiger charge is 2.50. The second-order valence-corrected chi connectivity index (χ2v) is 3.48. The number of methoxy groups -OCH3 is 1. The Labute approximate surface area is 89.3 Å². The van der Waals surface area contributed by atoms with E-state index in [1.54, 1.807) is 6.92 Å². The van der Waals surface area contributed by atoms with Crippen LogP contribution < -0.4 is 0 Å². The predicted octanol–water partition coefficient (Wildman–Crippen LogP) is 0.534. The van der Waals surface area contributed by atoms with Gasteiger partial charge in [-0.1, -0.05) is 0 Å².